The quantitative estimate of drug-likeness (QED) is 0.763. The summed E-state index contributed by atoms with van der Waals surface area (Å²) >= 11 is 3.81. The number of carbonyl (C=O) groups is 1. The first-order chi connectivity index (χ1) is 10.6. The molecule has 2 aliphatic rings. The number of alkyl halides is 1. The van der Waals surface area contributed by atoms with Gasteiger partial charge in [-0.15, -0.1) is 0 Å². The fourth-order valence-electron chi connectivity index (χ4n) is 3.60. The molecule has 1 aromatic carbocycles. The number of ether oxygens (including phenoxy) is 1. The minimum atomic E-state index is -0.151. The van der Waals surface area contributed by atoms with Gasteiger partial charge in [0.15, 0.2) is 0 Å². The predicted molar refractivity (Wildman–Crippen MR) is 91.5 cm³/mol. The fraction of sp³-hybridized carbons (Fsp3) is 0.500. The smallest absolute Gasteiger partial charge is 0.247 e. The lowest BCUT2D eigenvalue weighted by Crippen LogP contribution is -2.54. The van der Waals surface area contributed by atoms with Crippen LogP contribution in [-0.4, -0.2) is 34.8 Å². The molecule has 0 spiro atoms. The summed E-state index contributed by atoms with van der Waals surface area (Å²) in [6.45, 7) is 2.96. The first-order valence-electron chi connectivity index (χ1n) is 7.85. The minimum Gasteiger partial charge on any atom is -0.497 e. The van der Waals surface area contributed by atoms with Crippen molar-refractivity contribution in [2.24, 2.45) is 0 Å². The molecule has 1 fully saturated rings. The van der Waals surface area contributed by atoms with Crippen molar-refractivity contribution in [1.82, 2.24) is 4.90 Å². The number of hydrogen-bond acceptors (Lipinski definition) is 2. The molecule has 0 aromatic heterocycles. The third-order valence-corrected chi connectivity index (χ3v) is 6.42. The summed E-state index contributed by atoms with van der Waals surface area (Å²) in [6.07, 6.45) is 6.06. The Morgan fingerprint density at radius 1 is 1.36 bits per heavy atom. The van der Waals surface area contributed by atoms with Gasteiger partial charge in [0.2, 0.25) is 5.91 Å². The van der Waals surface area contributed by atoms with Gasteiger partial charge in [0.05, 0.1) is 12.6 Å². The maximum Gasteiger partial charge on any atom is 0.247 e. The normalized spacial score (nSPS) is 27.6. The van der Waals surface area contributed by atoms with Crippen LogP contribution in [0, 0.1) is 0 Å². The molecule has 0 N–H and O–H groups in total. The largest absolute Gasteiger partial charge is 0.497 e. The van der Waals surface area contributed by atoms with E-state index in [0.29, 0.717) is 4.83 Å². The van der Waals surface area contributed by atoms with Crippen molar-refractivity contribution in [2.45, 2.75) is 43.0 Å². The lowest BCUT2D eigenvalue weighted by molar-refractivity contribution is -0.128. The molecule has 1 aliphatic carbocycles. The summed E-state index contributed by atoms with van der Waals surface area (Å²) in [4.78, 5) is 14.8. The second-order valence-corrected chi connectivity index (χ2v) is 7.37. The van der Waals surface area contributed by atoms with Crippen LogP contribution in [0.5, 0.6) is 5.75 Å². The summed E-state index contributed by atoms with van der Waals surface area (Å²) in [6, 6.07) is 8.09. The van der Waals surface area contributed by atoms with Crippen molar-refractivity contribution in [3.63, 3.8) is 0 Å². The lowest BCUT2D eigenvalue weighted by Gasteiger charge is -2.44. The van der Waals surface area contributed by atoms with Gasteiger partial charge in [0.25, 0.3) is 0 Å². The van der Waals surface area contributed by atoms with Crippen molar-refractivity contribution in [3.05, 3.63) is 41.5 Å². The molecular formula is C18H22BrNO2. The zero-order chi connectivity index (χ0) is 15.7. The summed E-state index contributed by atoms with van der Waals surface area (Å²) in [7, 11) is 1.67. The Morgan fingerprint density at radius 2 is 2.09 bits per heavy atom. The number of rotatable bonds is 4. The highest BCUT2D eigenvalue weighted by molar-refractivity contribution is 9.09. The van der Waals surface area contributed by atoms with Gasteiger partial charge >= 0.3 is 0 Å². The molecule has 118 valence electrons. The minimum absolute atomic E-state index is 0.151. The van der Waals surface area contributed by atoms with Crippen molar-refractivity contribution < 1.29 is 9.53 Å². The number of nitrogens with zero attached hydrogens (tertiary/aromatic N) is 1. The molecule has 1 amide bonds. The van der Waals surface area contributed by atoms with E-state index in [0.717, 1.165) is 38.0 Å². The van der Waals surface area contributed by atoms with Gasteiger partial charge in [-0.05, 0) is 55.9 Å². The van der Waals surface area contributed by atoms with E-state index in [1.165, 1.54) is 11.1 Å². The number of carbonyl (C=O) groups excluding carboxylic acids is 1. The molecule has 0 unspecified atom stereocenters. The van der Waals surface area contributed by atoms with Gasteiger partial charge in [0.1, 0.15) is 5.75 Å². The number of hydrogen-bond donors (Lipinski definition) is 0. The molecular weight excluding hydrogens is 342 g/mol. The third kappa shape index (κ3) is 2.58. The predicted octanol–water partition coefficient (Wildman–Crippen LogP) is 3.71. The number of methoxy groups -OCH3 is 1. The number of benzene rings is 1. The van der Waals surface area contributed by atoms with Crippen LogP contribution in [-0.2, 0) is 11.2 Å². The van der Waals surface area contributed by atoms with Crippen LogP contribution in [0.2, 0.25) is 0 Å². The second-order valence-electron chi connectivity index (χ2n) is 6.26. The molecule has 2 atom stereocenters. The first kappa shape index (κ1) is 15.6. The standard InChI is InChI=1S/C18H22BrNO2/c1-18-14(4-3-5-16(18)19)12-17(21)20(18)11-10-13-6-8-15(22-2)9-7-13/h6-9,12,16H,3-5,10-11H2,1-2H3/t16-,18+/m0/s1. The molecule has 0 saturated heterocycles. The van der Waals surface area contributed by atoms with E-state index in [1.54, 1.807) is 7.11 Å². The van der Waals surface area contributed by atoms with Gasteiger partial charge in [-0.25, -0.2) is 0 Å². The molecule has 1 aliphatic heterocycles. The Kier molecular flexibility index (Phi) is 4.31. The molecule has 0 bridgehead atoms. The van der Waals surface area contributed by atoms with Crippen LogP contribution in [0.25, 0.3) is 0 Å². The van der Waals surface area contributed by atoms with Gasteiger partial charge in [-0.1, -0.05) is 28.1 Å². The van der Waals surface area contributed by atoms with E-state index in [9.17, 15) is 4.79 Å². The van der Waals surface area contributed by atoms with Crippen LogP contribution >= 0.6 is 15.9 Å². The van der Waals surface area contributed by atoms with Gasteiger partial charge in [-0.2, -0.15) is 0 Å². The Balaban J connectivity index is 1.72. The van der Waals surface area contributed by atoms with Crippen LogP contribution in [0.3, 0.4) is 0 Å². The van der Waals surface area contributed by atoms with Gasteiger partial charge in [-0.3, -0.25) is 4.79 Å². The van der Waals surface area contributed by atoms with Crippen LogP contribution in [0.4, 0.5) is 0 Å². The zero-order valence-electron chi connectivity index (χ0n) is 13.1. The topological polar surface area (TPSA) is 29.5 Å². The van der Waals surface area contributed by atoms with E-state index in [1.807, 2.05) is 23.1 Å². The van der Waals surface area contributed by atoms with Gasteiger partial charge < -0.3 is 9.64 Å². The Hall–Kier alpha value is -1.29. The summed E-state index contributed by atoms with van der Waals surface area (Å²) in [5.74, 6) is 1.03. The molecule has 1 aromatic rings. The molecule has 3 nitrogen and oxygen atoms in total. The third-order valence-electron chi connectivity index (χ3n) is 5.07. The molecule has 1 saturated carbocycles. The van der Waals surface area contributed by atoms with Crippen LogP contribution in [0.15, 0.2) is 35.9 Å². The van der Waals surface area contributed by atoms with Crippen molar-refractivity contribution >= 4 is 21.8 Å². The van der Waals surface area contributed by atoms with E-state index < -0.39 is 0 Å². The highest BCUT2D eigenvalue weighted by Crippen LogP contribution is 2.45. The summed E-state index contributed by atoms with van der Waals surface area (Å²) in [5.41, 5.74) is 2.37. The number of halogens is 1. The molecule has 22 heavy (non-hydrogen) atoms. The monoisotopic (exact) mass is 363 g/mol. The first-order valence-corrected chi connectivity index (χ1v) is 8.77. The summed E-state index contributed by atoms with van der Waals surface area (Å²) in [5, 5.41) is 0. The van der Waals surface area contributed by atoms with E-state index in [-0.39, 0.29) is 11.4 Å². The Bertz CT molecular complexity index is 596. The van der Waals surface area contributed by atoms with Crippen molar-refractivity contribution in [2.75, 3.05) is 13.7 Å². The average Bonchev–Trinajstić information content (AvgIpc) is 2.78. The van der Waals surface area contributed by atoms with Crippen molar-refractivity contribution in [1.29, 1.82) is 0 Å². The number of fused-ring (bicyclic) bond motifs is 1. The fourth-order valence-corrected chi connectivity index (χ4v) is 4.46. The lowest BCUT2D eigenvalue weighted by atomic mass is 9.79. The molecule has 0 radical (unpaired) electrons. The number of amides is 1. The molecule has 1 heterocycles. The Labute approximate surface area is 140 Å². The molecule has 3 rings (SSSR count). The zero-order valence-corrected chi connectivity index (χ0v) is 14.7. The highest BCUT2D eigenvalue weighted by Gasteiger charge is 2.49. The molecule has 4 heteroatoms. The van der Waals surface area contributed by atoms with E-state index in [4.69, 9.17) is 4.74 Å². The van der Waals surface area contributed by atoms with Crippen molar-refractivity contribution in [3.8, 4) is 5.75 Å². The SMILES string of the molecule is COc1ccc(CCN2C(=O)C=C3CCC[C@H](Br)[C@@]32C)cc1. The maximum absolute atomic E-state index is 12.4. The van der Waals surface area contributed by atoms with E-state index >= 15 is 0 Å². The van der Waals surface area contributed by atoms with Crippen LogP contribution < -0.4 is 4.74 Å². The van der Waals surface area contributed by atoms with Crippen LogP contribution in [0.1, 0.15) is 31.7 Å². The second kappa shape index (κ2) is 6.07. The van der Waals surface area contributed by atoms with Gasteiger partial charge in [0, 0.05) is 17.4 Å². The maximum atomic E-state index is 12.4. The average molecular weight is 364 g/mol. The summed E-state index contributed by atoms with van der Waals surface area (Å²) < 4.78 is 5.19. The highest BCUT2D eigenvalue weighted by atomic mass is 79.9. The van der Waals surface area contributed by atoms with E-state index in [2.05, 4.69) is 35.0 Å². The Morgan fingerprint density at radius 3 is 2.77 bits per heavy atom.